The first-order valence-corrected chi connectivity index (χ1v) is 8.89. The Bertz CT molecular complexity index is 844. The Kier molecular flexibility index (Phi) is 4.96. The van der Waals surface area contributed by atoms with Crippen molar-refractivity contribution in [2.45, 2.75) is 0 Å². The van der Waals surface area contributed by atoms with E-state index in [0.29, 0.717) is 9.21 Å². The van der Waals surface area contributed by atoms with Crippen LogP contribution in [0.3, 0.4) is 0 Å². The van der Waals surface area contributed by atoms with Crippen LogP contribution < -0.4 is 4.74 Å². The van der Waals surface area contributed by atoms with Crippen molar-refractivity contribution in [3.8, 4) is 16.2 Å². The fraction of sp³-hybridized carbons (Fsp3) is 0.0556. The molecule has 2 aromatic heterocycles. The maximum Gasteiger partial charge on any atom is 0.195 e. The Hall–Kier alpha value is -1.88. The maximum absolute atomic E-state index is 12.0. The summed E-state index contributed by atoms with van der Waals surface area (Å²) in [5.74, 6) is 0.812. The standard InChI is InChI=1S/C18H13ClO2S2/c1-21-13-4-2-12(3-5-13)16-9-7-14(22-16)6-8-15(20)17-10-11-18(19)23-17/h2-11H,1H3/b8-6-. The summed E-state index contributed by atoms with van der Waals surface area (Å²) >= 11 is 8.78. The summed E-state index contributed by atoms with van der Waals surface area (Å²) in [6, 6.07) is 15.5. The minimum Gasteiger partial charge on any atom is -0.497 e. The highest BCUT2D eigenvalue weighted by atomic mass is 35.5. The molecule has 3 rings (SSSR count). The first kappa shape index (κ1) is 16.0. The molecule has 3 aromatic rings. The van der Waals surface area contributed by atoms with E-state index in [4.69, 9.17) is 16.3 Å². The Morgan fingerprint density at radius 3 is 2.48 bits per heavy atom. The minimum atomic E-state index is -0.0266. The molecule has 0 amide bonds. The summed E-state index contributed by atoms with van der Waals surface area (Å²) in [5.41, 5.74) is 1.13. The second kappa shape index (κ2) is 7.13. The van der Waals surface area contributed by atoms with Gasteiger partial charge < -0.3 is 4.74 Å². The van der Waals surface area contributed by atoms with Crippen LogP contribution in [0, 0.1) is 0 Å². The van der Waals surface area contributed by atoms with Crippen LogP contribution in [-0.4, -0.2) is 12.9 Å². The van der Waals surface area contributed by atoms with Crippen LogP contribution in [0.5, 0.6) is 5.75 Å². The molecule has 0 aliphatic heterocycles. The highest BCUT2D eigenvalue weighted by molar-refractivity contribution is 7.18. The average Bonchev–Trinajstić information content (AvgIpc) is 3.22. The number of hydrogen-bond acceptors (Lipinski definition) is 4. The second-order valence-electron chi connectivity index (χ2n) is 4.73. The van der Waals surface area contributed by atoms with E-state index < -0.39 is 0 Å². The van der Waals surface area contributed by atoms with Gasteiger partial charge in [0.15, 0.2) is 5.78 Å². The maximum atomic E-state index is 12.0. The zero-order chi connectivity index (χ0) is 16.2. The predicted octanol–water partition coefficient (Wildman–Crippen LogP) is 6.03. The molecule has 0 atom stereocenters. The normalized spacial score (nSPS) is 11.0. The van der Waals surface area contributed by atoms with Crippen molar-refractivity contribution >= 4 is 46.1 Å². The van der Waals surface area contributed by atoms with Gasteiger partial charge in [-0.15, -0.1) is 22.7 Å². The number of halogens is 1. The largest absolute Gasteiger partial charge is 0.497 e. The first-order valence-electron chi connectivity index (χ1n) is 6.88. The zero-order valence-corrected chi connectivity index (χ0v) is 14.7. The summed E-state index contributed by atoms with van der Waals surface area (Å²) < 4.78 is 5.79. The molecule has 2 nitrogen and oxygen atoms in total. The SMILES string of the molecule is COc1ccc(-c2ccc(/C=C\C(=O)c3ccc(Cl)s3)s2)cc1. The molecule has 116 valence electrons. The van der Waals surface area contributed by atoms with Gasteiger partial charge in [0.05, 0.1) is 16.3 Å². The van der Waals surface area contributed by atoms with E-state index in [9.17, 15) is 4.79 Å². The summed E-state index contributed by atoms with van der Waals surface area (Å²) in [6.45, 7) is 0. The van der Waals surface area contributed by atoms with Crippen LogP contribution >= 0.6 is 34.3 Å². The highest BCUT2D eigenvalue weighted by Gasteiger charge is 2.06. The molecule has 1 aromatic carbocycles. The lowest BCUT2D eigenvalue weighted by molar-refractivity contribution is 0.105. The molecule has 0 radical (unpaired) electrons. The first-order chi connectivity index (χ1) is 11.2. The molecular weight excluding hydrogens is 348 g/mol. The number of allylic oxidation sites excluding steroid dienone is 1. The third-order valence-electron chi connectivity index (χ3n) is 3.22. The molecule has 5 heteroatoms. The number of methoxy groups -OCH3 is 1. The van der Waals surface area contributed by atoms with Gasteiger partial charge in [0, 0.05) is 9.75 Å². The van der Waals surface area contributed by atoms with E-state index in [0.717, 1.165) is 21.1 Å². The molecule has 0 saturated carbocycles. The Balaban J connectivity index is 1.73. The number of ether oxygens (including phenoxy) is 1. The minimum absolute atomic E-state index is 0.0266. The number of carbonyl (C=O) groups excluding carboxylic acids is 1. The van der Waals surface area contributed by atoms with Crippen LogP contribution in [-0.2, 0) is 0 Å². The van der Waals surface area contributed by atoms with Gasteiger partial charge in [-0.3, -0.25) is 4.79 Å². The van der Waals surface area contributed by atoms with Gasteiger partial charge in [0.2, 0.25) is 0 Å². The highest BCUT2D eigenvalue weighted by Crippen LogP contribution is 2.30. The molecule has 0 fully saturated rings. The van der Waals surface area contributed by atoms with Crippen molar-refractivity contribution in [1.29, 1.82) is 0 Å². The third-order valence-corrected chi connectivity index (χ3v) is 5.56. The number of ketones is 1. The lowest BCUT2D eigenvalue weighted by atomic mass is 10.2. The lowest BCUT2D eigenvalue weighted by Crippen LogP contribution is -1.87. The van der Waals surface area contributed by atoms with E-state index in [1.165, 1.54) is 11.3 Å². The van der Waals surface area contributed by atoms with Gasteiger partial charge in [0.25, 0.3) is 0 Å². The van der Waals surface area contributed by atoms with Gasteiger partial charge in [-0.05, 0) is 66.2 Å². The van der Waals surface area contributed by atoms with Crippen LogP contribution in [0.15, 0.2) is 54.6 Å². The number of carbonyl (C=O) groups is 1. The van der Waals surface area contributed by atoms with Gasteiger partial charge in [-0.25, -0.2) is 0 Å². The van der Waals surface area contributed by atoms with E-state index in [1.54, 1.807) is 36.7 Å². The summed E-state index contributed by atoms with van der Waals surface area (Å²) in [7, 11) is 1.65. The van der Waals surface area contributed by atoms with Gasteiger partial charge >= 0.3 is 0 Å². The number of benzene rings is 1. The van der Waals surface area contributed by atoms with Crippen molar-refractivity contribution in [1.82, 2.24) is 0 Å². The molecule has 0 saturated heterocycles. The molecule has 0 N–H and O–H groups in total. The van der Waals surface area contributed by atoms with E-state index in [2.05, 4.69) is 6.07 Å². The topological polar surface area (TPSA) is 26.3 Å². The van der Waals surface area contributed by atoms with Crippen molar-refractivity contribution in [3.05, 3.63) is 68.7 Å². The molecular formula is C18H13ClO2S2. The van der Waals surface area contributed by atoms with E-state index in [1.807, 2.05) is 36.4 Å². The smallest absolute Gasteiger partial charge is 0.195 e. The van der Waals surface area contributed by atoms with E-state index >= 15 is 0 Å². The summed E-state index contributed by atoms with van der Waals surface area (Å²) in [5, 5.41) is 0. The monoisotopic (exact) mass is 360 g/mol. The van der Waals surface area contributed by atoms with Gasteiger partial charge in [0.1, 0.15) is 5.75 Å². The molecule has 0 aliphatic rings. The number of rotatable bonds is 5. The molecule has 0 aliphatic carbocycles. The van der Waals surface area contributed by atoms with Crippen molar-refractivity contribution in [3.63, 3.8) is 0 Å². The fourth-order valence-electron chi connectivity index (χ4n) is 2.04. The predicted molar refractivity (Wildman–Crippen MR) is 99.0 cm³/mol. The van der Waals surface area contributed by atoms with E-state index in [-0.39, 0.29) is 5.78 Å². The second-order valence-corrected chi connectivity index (χ2v) is 7.56. The molecule has 0 bridgehead atoms. The summed E-state index contributed by atoms with van der Waals surface area (Å²) in [6.07, 6.45) is 3.43. The van der Waals surface area contributed by atoms with Gasteiger partial charge in [-0.2, -0.15) is 0 Å². The van der Waals surface area contributed by atoms with Crippen LogP contribution in [0.4, 0.5) is 0 Å². The van der Waals surface area contributed by atoms with Gasteiger partial charge in [-0.1, -0.05) is 11.6 Å². The quantitative estimate of drug-likeness (QED) is 0.410. The zero-order valence-electron chi connectivity index (χ0n) is 12.3. The van der Waals surface area contributed by atoms with Crippen molar-refractivity contribution in [2.24, 2.45) is 0 Å². The number of thiophene rings is 2. The Morgan fingerprint density at radius 1 is 1.04 bits per heavy atom. The average molecular weight is 361 g/mol. The molecule has 23 heavy (non-hydrogen) atoms. The van der Waals surface area contributed by atoms with Crippen molar-refractivity contribution < 1.29 is 9.53 Å². The summed E-state index contributed by atoms with van der Waals surface area (Å²) in [4.78, 5) is 14.9. The van der Waals surface area contributed by atoms with Crippen LogP contribution in [0.1, 0.15) is 14.5 Å². The number of hydrogen-bond donors (Lipinski definition) is 0. The third kappa shape index (κ3) is 3.91. The van der Waals surface area contributed by atoms with Crippen LogP contribution in [0.25, 0.3) is 16.5 Å². The Morgan fingerprint density at radius 2 is 1.83 bits per heavy atom. The van der Waals surface area contributed by atoms with Crippen LogP contribution in [0.2, 0.25) is 4.34 Å². The fourth-order valence-corrected chi connectivity index (χ4v) is 3.92. The molecule has 2 heterocycles. The van der Waals surface area contributed by atoms with Crippen molar-refractivity contribution in [2.75, 3.05) is 7.11 Å². The molecule has 0 spiro atoms. The molecule has 0 unspecified atom stereocenters. The lowest BCUT2D eigenvalue weighted by Gasteiger charge is -2.00. The Labute approximate surface area is 147 Å².